The van der Waals surface area contributed by atoms with Crippen molar-refractivity contribution >= 4 is 44.6 Å². The van der Waals surface area contributed by atoms with Crippen molar-refractivity contribution in [1.29, 1.82) is 0 Å². The van der Waals surface area contributed by atoms with E-state index in [-0.39, 0.29) is 29.9 Å². The molecular formula is C39H42N6O8S. The molecule has 1 aromatic heterocycles. The van der Waals surface area contributed by atoms with E-state index in [1.165, 1.54) is 36.4 Å². The van der Waals surface area contributed by atoms with Gasteiger partial charge in [-0.3, -0.25) is 19.2 Å². The summed E-state index contributed by atoms with van der Waals surface area (Å²) >= 11 is 0. The number of aromatic hydroxyl groups is 1. The highest BCUT2D eigenvalue weighted by atomic mass is 32.2. The van der Waals surface area contributed by atoms with Gasteiger partial charge in [-0.2, -0.15) is 4.72 Å². The third-order valence-electron chi connectivity index (χ3n) is 8.81. The molecule has 5 rings (SSSR count). The van der Waals surface area contributed by atoms with Gasteiger partial charge in [-0.1, -0.05) is 78.4 Å². The van der Waals surface area contributed by atoms with Gasteiger partial charge >= 0.3 is 0 Å². The minimum Gasteiger partial charge on any atom is -0.508 e. The van der Waals surface area contributed by atoms with E-state index < -0.39 is 64.4 Å². The smallest absolute Gasteiger partial charge is 0.245 e. The fourth-order valence-corrected chi connectivity index (χ4v) is 7.04. The lowest BCUT2D eigenvalue weighted by Crippen LogP contribution is -2.59. The maximum Gasteiger partial charge on any atom is 0.245 e. The van der Waals surface area contributed by atoms with Crippen LogP contribution in [0.4, 0.5) is 0 Å². The van der Waals surface area contributed by atoms with Gasteiger partial charge in [-0.25, -0.2) is 8.42 Å². The van der Waals surface area contributed by atoms with Crippen LogP contribution < -0.4 is 26.4 Å². The van der Waals surface area contributed by atoms with E-state index in [1.54, 1.807) is 55.6 Å². The first-order valence-corrected chi connectivity index (χ1v) is 18.6. The molecule has 15 heteroatoms. The van der Waals surface area contributed by atoms with Gasteiger partial charge in [0.2, 0.25) is 33.7 Å². The molecule has 0 aliphatic carbocycles. The molecule has 0 aliphatic rings. The van der Waals surface area contributed by atoms with Gasteiger partial charge in [0.1, 0.15) is 29.9 Å². The number of primary amides is 1. The van der Waals surface area contributed by atoms with Crippen molar-refractivity contribution < 1.29 is 37.8 Å². The molecule has 1 heterocycles. The molecule has 0 spiro atoms. The number of phenols is 1. The lowest BCUT2D eigenvalue weighted by atomic mass is 10.0. The first kappa shape index (κ1) is 39.2. The number of benzene rings is 4. The fourth-order valence-electron chi connectivity index (χ4n) is 5.84. The van der Waals surface area contributed by atoms with Crippen molar-refractivity contribution in [1.82, 2.24) is 25.7 Å². The molecule has 14 nitrogen and oxygen atoms in total. The molecule has 4 amide bonds. The van der Waals surface area contributed by atoms with E-state index >= 15 is 0 Å². The number of sulfonamides is 1. The molecule has 4 aromatic carbocycles. The maximum absolute atomic E-state index is 13.8. The fraction of sp³-hybridized carbons (Fsp3) is 0.231. The number of aromatic amines is 1. The Morgan fingerprint density at radius 3 is 1.91 bits per heavy atom. The average Bonchev–Trinajstić information content (AvgIpc) is 3.56. The minimum absolute atomic E-state index is 0.0366. The quantitative estimate of drug-likeness (QED) is 0.0691. The van der Waals surface area contributed by atoms with Crippen LogP contribution in [-0.4, -0.2) is 78.0 Å². The zero-order valence-electron chi connectivity index (χ0n) is 29.4. The Hall–Kier alpha value is -6.03. The van der Waals surface area contributed by atoms with Crippen LogP contribution in [0.1, 0.15) is 22.3 Å². The highest BCUT2D eigenvalue weighted by Crippen LogP contribution is 2.20. The summed E-state index contributed by atoms with van der Waals surface area (Å²) in [7, 11) is -4.25. The number of amides is 4. The molecular weight excluding hydrogens is 713 g/mol. The Balaban J connectivity index is 1.37. The summed E-state index contributed by atoms with van der Waals surface area (Å²) in [6.07, 6.45) is 1.54. The number of para-hydroxylation sites is 1. The number of rotatable bonds is 17. The van der Waals surface area contributed by atoms with E-state index in [0.29, 0.717) is 11.1 Å². The third kappa shape index (κ3) is 10.3. The molecule has 54 heavy (non-hydrogen) atoms. The molecule has 0 saturated carbocycles. The molecule has 9 N–H and O–H groups in total. The summed E-state index contributed by atoms with van der Waals surface area (Å²) in [6, 6.07) is 22.5. The second-order valence-corrected chi connectivity index (χ2v) is 14.6. The van der Waals surface area contributed by atoms with Crippen molar-refractivity contribution in [2.45, 2.75) is 55.2 Å². The van der Waals surface area contributed by atoms with Crippen molar-refractivity contribution in [3.63, 3.8) is 0 Å². The van der Waals surface area contributed by atoms with Crippen molar-refractivity contribution in [3.8, 4) is 5.75 Å². The van der Waals surface area contributed by atoms with E-state index in [0.717, 1.165) is 22.0 Å². The van der Waals surface area contributed by atoms with Crippen LogP contribution in [0, 0.1) is 6.92 Å². The van der Waals surface area contributed by atoms with Crippen LogP contribution in [0.3, 0.4) is 0 Å². The van der Waals surface area contributed by atoms with Gasteiger partial charge in [0.15, 0.2) is 0 Å². The summed E-state index contributed by atoms with van der Waals surface area (Å²) in [5.74, 6) is -3.47. The Morgan fingerprint density at radius 2 is 1.24 bits per heavy atom. The maximum atomic E-state index is 13.8. The number of carbonyl (C=O) groups is 4. The van der Waals surface area contributed by atoms with Crippen LogP contribution in [0.15, 0.2) is 114 Å². The topological polar surface area (TPSA) is 233 Å². The molecule has 282 valence electrons. The number of hydrogen-bond acceptors (Lipinski definition) is 8. The Kier molecular flexibility index (Phi) is 12.8. The Morgan fingerprint density at radius 1 is 0.685 bits per heavy atom. The number of aromatic nitrogens is 1. The number of aryl methyl sites for hydroxylation is 1. The monoisotopic (exact) mass is 754 g/mol. The highest BCUT2D eigenvalue weighted by molar-refractivity contribution is 7.89. The largest absolute Gasteiger partial charge is 0.508 e. The molecule has 0 aliphatic heterocycles. The Bertz CT molecular complexity index is 2190. The number of carbonyl (C=O) groups excluding carboxylic acids is 4. The molecule has 0 radical (unpaired) electrons. The molecule has 5 aromatic rings. The summed E-state index contributed by atoms with van der Waals surface area (Å²) in [5, 5.41) is 28.5. The zero-order valence-corrected chi connectivity index (χ0v) is 30.2. The van der Waals surface area contributed by atoms with Crippen LogP contribution in [0.5, 0.6) is 5.75 Å². The molecule has 0 unspecified atom stereocenters. The zero-order chi connectivity index (χ0) is 38.8. The number of phenolic OH excluding ortho intramolecular Hbond substituents is 1. The highest BCUT2D eigenvalue weighted by Gasteiger charge is 2.33. The number of nitrogens with one attached hydrogen (secondary N) is 5. The second-order valence-electron chi connectivity index (χ2n) is 12.9. The number of nitrogens with two attached hydrogens (primary N) is 1. The average molecular weight is 755 g/mol. The predicted octanol–water partition coefficient (Wildman–Crippen LogP) is 1.49. The van der Waals surface area contributed by atoms with Crippen LogP contribution in [-0.2, 0) is 48.5 Å². The number of aliphatic hydroxyl groups excluding tert-OH is 1. The molecule has 0 bridgehead atoms. The van der Waals surface area contributed by atoms with Gasteiger partial charge in [-0.05, 0) is 60.4 Å². The van der Waals surface area contributed by atoms with Gasteiger partial charge in [0.05, 0.1) is 11.5 Å². The van der Waals surface area contributed by atoms with Crippen LogP contribution in [0.2, 0.25) is 0 Å². The second kappa shape index (κ2) is 17.7. The van der Waals surface area contributed by atoms with E-state index in [4.69, 9.17) is 5.73 Å². The molecule has 4 atom stereocenters. The lowest BCUT2D eigenvalue weighted by molar-refractivity contribution is -0.134. The first-order valence-electron chi connectivity index (χ1n) is 17.1. The standard InChI is InChI=1S/C39H42N6O8S/c1-24-11-17-29(18-12-24)54(52,53)45-34(20-26-13-15-28(47)16-14-26)38(50)44-35(23-46)39(51)43-33(21-27-22-41-31-10-6-5-9-30(27)31)37(49)42-32(36(40)48)19-25-7-3-2-4-8-25/h2-18,22,32-35,41,45-47H,19-21,23H2,1H3,(H2,40,48)(H,42,49)(H,43,51)(H,44,50)/t32-,33-,34-,35-/m0/s1. The summed E-state index contributed by atoms with van der Waals surface area (Å²) < 4.78 is 29.1. The van der Waals surface area contributed by atoms with Gasteiger partial charge < -0.3 is 36.9 Å². The Labute approximate surface area is 312 Å². The summed E-state index contributed by atoms with van der Waals surface area (Å²) in [6.45, 7) is 0.883. The molecule has 0 saturated heterocycles. The summed E-state index contributed by atoms with van der Waals surface area (Å²) in [5.41, 5.74) is 9.15. The van der Waals surface area contributed by atoms with E-state index in [2.05, 4.69) is 25.7 Å². The van der Waals surface area contributed by atoms with Gasteiger partial charge in [0.25, 0.3) is 0 Å². The summed E-state index contributed by atoms with van der Waals surface area (Å²) in [4.78, 5) is 56.8. The SMILES string of the molecule is Cc1ccc(S(=O)(=O)N[C@@H](Cc2ccc(O)cc2)C(=O)N[C@@H](CO)C(=O)N[C@@H](Cc2c[nH]c3ccccc23)C(=O)N[C@@H](Cc2ccccc2)C(N)=O)cc1. The number of aliphatic hydroxyl groups is 1. The number of hydrogen-bond donors (Lipinski definition) is 8. The van der Waals surface area contributed by atoms with Crippen LogP contribution >= 0.6 is 0 Å². The van der Waals surface area contributed by atoms with Crippen molar-refractivity contribution in [3.05, 3.63) is 132 Å². The van der Waals surface area contributed by atoms with Crippen molar-refractivity contribution in [2.75, 3.05) is 6.61 Å². The van der Waals surface area contributed by atoms with E-state index in [9.17, 15) is 37.8 Å². The predicted molar refractivity (Wildman–Crippen MR) is 201 cm³/mol. The van der Waals surface area contributed by atoms with Crippen LogP contribution in [0.25, 0.3) is 10.9 Å². The first-order chi connectivity index (χ1) is 25.8. The third-order valence-corrected chi connectivity index (χ3v) is 10.3. The minimum atomic E-state index is -4.25. The van der Waals surface area contributed by atoms with Gasteiger partial charge in [0, 0.05) is 29.9 Å². The van der Waals surface area contributed by atoms with Gasteiger partial charge in [-0.15, -0.1) is 0 Å². The molecule has 0 fully saturated rings. The number of H-pyrrole nitrogens is 1. The lowest BCUT2D eigenvalue weighted by Gasteiger charge is -2.25. The number of fused-ring (bicyclic) bond motifs is 1. The van der Waals surface area contributed by atoms with E-state index in [1.807, 2.05) is 24.3 Å². The normalized spacial score (nSPS) is 13.7. The van der Waals surface area contributed by atoms with Crippen molar-refractivity contribution in [2.24, 2.45) is 5.73 Å².